The third kappa shape index (κ3) is 4.89. The molecular weight excluding hydrogens is 442 g/mol. The maximum absolute atomic E-state index is 13.0. The van der Waals surface area contributed by atoms with Crippen molar-refractivity contribution in [3.05, 3.63) is 83.4 Å². The van der Waals surface area contributed by atoms with Crippen molar-refractivity contribution in [2.75, 3.05) is 17.7 Å². The molecule has 1 heterocycles. The fraction of sp³-hybridized carbons (Fsp3) is 0.250. The Kier molecular flexibility index (Phi) is 6.87. The second kappa shape index (κ2) is 10.0. The van der Waals surface area contributed by atoms with Crippen LogP contribution in [0.15, 0.2) is 66.7 Å². The van der Waals surface area contributed by atoms with Crippen LogP contribution in [0.1, 0.15) is 47.8 Å². The molecule has 0 bridgehead atoms. The second-order valence-corrected chi connectivity index (χ2v) is 8.66. The number of carbonyl (C=O) groups excluding carboxylic acids is 3. The van der Waals surface area contributed by atoms with Gasteiger partial charge in [-0.05, 0) is 73.4 Å². The van der Waals surface area contributed by atoms with Crippen LogP contribution in [0.2, 0.25) is 0 Å². The van der Waals surface area contributed by atoms with Crippen molar-refractivity contribution in [3.63, 3.8) is 0 Å². The average molecular weight is 472 g/mol. The zero-order chi connectivity index (χ0) is 25.1. The quantitative estimate of drug-likeness (QED) is 0.447. The summed E-state index contributed by atoms with van der Waals surface area (Å²) in [5.74, 6) is -0.564. The minimum Gasteiger partial charge on any atom is -0.467 e. The molecule has 4 rings (SSSR count). The summed E-state index contributed by atoms with van der Waals surface area (Å²) >= 11 is 0. The Morgan fingerprint density at radius 2 is 1.51 bits per heavy atom. The Morgan fingerprint density at radius 1 is 0.943 bits per heavy atom. The van der Waals surface area contributed by atoms with Gasteiger partial charge in [-0.1, -0.05) is 42.8 Å². The predicted molar refractivity (Wildman–Crippen MR) is 136 cm³/mol. The zero-order valence-corrected chi connectivity index (χ0v) is 20.3. The van der Waals surface area contributed by atoms with E-state index >= 15 is 0 Å². The molecule has 0 spiro atoms. The molecule has 1 aliphatic rings. The number of benzene rings is 3. The van der Waals surface area contributed by atoms with Crippen LogP contribution < -0.4 is 10.6 Å². The lowest BCUT2D eigenvalue weighted by atomic mass is 9.98. The Hall–Kier alpha value is -4.13. The number of aryl methyl sites for hydroxylation is 1. The van der Waals surface area contributed by atoms with Crippen LogP contribution in [0.5, 0.6) is 0 Å². The van der Waals surface area contributed by atoms with Crippen LogP contribution in [0.4, 0.5) is 16.2 Å². The number of methoxy groups -OCH3 is 1. The Labute approximate surface area is 205 Å². The Bertz CT molecular complexity index is 1250. The lowest BCUT2D eigenvalue weighted by Crippen LogP contribution is -2.43. The summed E-state index contributed by atoms with van der Waals surface area (Å²) in [6, 6.07) is 19.6. The van der Waals surface area contributed by atoms with E-state index in [0.717, 1.165) is 27.9 Å². The minimum absolute atomic E-state index is 0.157. The van der Waals surface area contributed by atoms with Gasteiger partial charge in [-0.3, -0.25) is 4.79 Å². The van der Waals surface area contributed by atoms with Gasteiger partial charge in [0.25, 0.3) is 5.91 Å². The third-order valence-corrected chi connectivity index (χ3v) is 6.37. The van der Waals surface area contributed by atoms with Gasteiger partial charge in [0.15, 0.2) is 0 Å². The van der Waals surface area contributed by atoms with Gasteiger partial charge in [0.1, 0.15) is 6.04 Å². The van der Waals surface area contributed by atoms with Crippen molar-refractivity contribution in [2.45, 2.75) is 39.3 Å². The first-order valence-electron chi connectivity index (χ1n) is 11.6. The van der Waals surface area contributed by atoms with E-state index in [4.69, 9.17) is 4.74 Å². The van der Waals surface area contributed by atoms with Crippen molar-refractivity contribution in [2.24, 2.45) is 0 Å². The Morgan fingerprint density at radius 3 is 2.09 bits per heavy atom. The standard InChI is InChI=1S/C28H29N3O4/c1-5-25(27(33)35-4)31-18(3)24-16-20(10-15-23(24)26(31)32)19-8-13-22(14-9-19)30-28(34)29-21-11-6-17(2)7-12-21/h6-16,18,25H,5H2,1-4H3,(H2,29,30,34)/t18-,25-/m0/s1. The first kappa shape index (κ1) is 24.0. The highest BCUT2D eigenvalue weighted by Gasteiger charge is 2.41. The van der Waals surface area contributed by atoms with E-state index in [0.29, 0.717) is 17.7 Å². The van der Waals surface area contributed by atoms with E-state index in [1.165, 1.54) is 7.11 Å². The molecule has 35 heavy (non-hydrogen) atoms. The van der Waals surface area contributed by atoms with E-state index in [2.05, 4.69) is 10.6 Å². The molecule has 0 aromatic heterocycles. The number of fused-ring (bicyclic) bond motifs is 1. The number of amides is 3. The van der Waals surface area contributed by atoms with E-state index in [-0.39, 0.29) is 18.0 Å². The Balaban J connectivity index is 1.48. The molecule has 0 radical (unpaired) electrons. The van der Waals surface area contributed by atoms with Crippen molar-refractivity contribution < 1.29 is 19.1 Å². The number of urea groups is 1. The maximum atomic E-state index is 13.0. The molecule has 3 aromatic rings. The molecule has 3 amide bonds. The summed E-state index contributed by atoms with van der Waals surface area (Å²) in [6.07, 6.45) is 0.482. The molecule has 7 nitrogen and oxygen atoms in total. The van der Waals surface area contributed by atoms with E-state index in [1.54, 1.807) is 4.90 Å². The van der Waals surface area contributed by atoms with Gasteiger partial charge in [0.2, 0.25) is 0 Å². The molecule has 180 valence electrons. The number of nitrogens with one attached hydrogen (secondary N) is 2. The molecule has 1 aliphatic heterocycles. The predicted octanol–water partition coefficient (Wildman–Crippen LogP) is 5.77. The van der Waals surface area contributed by atoms with Gasteiger partial charge in [-0.2, -0.15) is 0 Å². The second-order valence-electron chi connectivity index (χ2n) is 8.66. The third-order valence-electron chi connectivity index (χ3n) is 6.37. The number of nitrogens with zero attached hydrogens (tertiary/aromatic N) is 1. The molecule has 0 saturated heterocycles. The van der Waals surface area contributed by atoms with Crippen molar-refractivity contribution in [1.29, 1.82) is 0 Å². The molecule has 3 aromatic carbocycles. The first-order valence-corrected chi connectivity index (χ1v) is 11.6. The van der Waals surface area contributed by atoms with Crippen LogP contribution in [0.25, 0.3) is 11.1 Å². The van der Waals surface area contributed by atoms with Gasteiger partial charge in [-0.25, -0.2) is 9.59 Å². The van der Waals surface area contributed by atoms with Gasteiger partial charge < -0.3 is 20.3 Å². The number of hydrogen-bond acceptors (Lipinski definition) is 4. The summed E-state index contributed by atoms with van der Waals surface area (Å²) in [7, 11) is 1.34. The summed E-state index contributed by atoms with van der Waals surface area (Å²) < 4.78 is 4.91. The highest BCUT2D eigenvalue weighted by molar-refractivity contribution is 6.02. The van der Waals surface area contributed by atoms with Gasteiger partial charge in [0, 0.05) is 16.9 Å². The number of esters is 1. The number of ether oxygens (including phenoxy) is 1. The van der Waals surface area contributed by atoms with Crippen LogP contribution in [0.3, 0.4) is 0 Å². The average Bonchev–Trinajstić information content (AvgIpc) is 3.11. The van der Waals surface area contributed by atoms with E-state index in [9.17, 15) is 14.4 Å². The van der Waals surface area contributed by atoms with E-state index < -0.39 is 12.0 Å². The summed E-state index contributed by atoms with van der Waals surface area (Å²) in [5, 5.41) is 5.65. The fourth-order valence-corrected chi connectivity index (χ4v) is 4.45. The largest absolute Gasteiger partial charge is 0.467 e. The molecule has 0 fully saturated rings. The lowest BCUT2D eigenvalue weighted by molar-refractivity contribution is -0.146. The fourth-order valence-electron chi connectivity index (χ4n) is 4.45. The minimum atomic E-state index is -0.616. The zero-order valence-electron chi connectivity index (χ0n) is 20.3. The molecule has 2 atom stereocenters. The monoisotopic (exact) mass is 471 g/mol. The van der Waals surface area contributed by atoms with Crippen LogP contribution in [-0.2, 0) is 9.53 Å². The lowest BCUT2D eigenvalue weighted by Gasteiger charge is -2.29. The summed E-state index contributed by atoms with van der Waals surface area (Å²) in [4.78, 5) is 39.2. The SMILES string of the molecule is CC[C@@H](C(=O)OC)N1C(=O)c2ccc(-c3ccc(NC(=O)Nc4ccc(C)cc4)cc3)cc2[C@@H]1C. The number of hydrogen-bond donors (Lipinski definition) is 2. The molecular formula is C28H29N3O4. The van der Waals surface area contributed by atoms with Crippen molar-refractivity contribution in [3.8, 4) is 11.1 Å². The van der Waals surface area contributed by atoms with Crippen LogP contribution in [0, 0.1) is 6.92 Å². The smallest absolute Gasteiger partial charge is 0.328 e. The van der Waals surface area contributed by atoms with Crippen LogP contribution >= 0.6 is 0 Å². The number of rotatable bonds is 6. The van der Waals surface area contributed by atoms with Gasteiger partial charge in [-0.15, -0.1) is 0 Å². The van der Waals surface area contributed by atoms with E-state index in [1.807, 2.05) is 87.5 Å². The molecule has 2 N–H and O–H groups in total. The number of carbonyl (C=O) groups is 3. The molecule has 0 unspecified atom stereocenters. The highest BCUT2D eigenvalue weighted by Crippen LogP contribution is 2.38. The van der Waals surface area contributed by atoms with Gasteiger partial charge in [0.05, 0.1) is 13.2 Å². The van der Waals surface area contributed by atoms with Crippen LogP contribution in [-0.4, -0.2) is 36.0 Å². The molecule has 0 saturated carbocycles. The van der Waals surface area contributed by atoms with Crippen molar-refractivity contribution >= 4 is 29.3 Å². The van der Waals surface area contributed by atoms with Gasteiger partial charge >= 0.3 is 12.0 Å². The number of anilines is 2. The summed E-state index contributed by atoms with van der Waals surface area (Å²) in [6.45, 7) is 5.79. The van der Waals surface area contributed by atoms with Crippen molar-refractivity contribution in [1.82, 2.24) is 4.90 Å². The topological polar surface area (TPSA) is 87.7 Å². The normalized spacial score (nSPS) is 15.4. The first-order chi connectivity index (χ1) is 16.8. The summed E-state index contributed by atoms with van der Waals surface area (Å²) in [5.41, 5.74) is 5.90. The highest BCUT2D eigenvalue weighted by atomic mass is 16.5. The maximum Gasteiger partial charge on any atom is 0.328 e. The molecule has 0 aliphatic carbocycles. The molecule has 7 heteroatoms.